The van der Waals surface area contributed by atoms with E-state index >= 15 is 0 Å². The lowest BCUT2D eigenvalue weighted by atomic mass is 10.1. The molecule has 1 amide bonds. The van der Waals surface area contributed by atoms with E-state index in [0.717, 1.165) is 22.6 Å². The van der Waals surface area contributed by atoms with Gasteiger partial charge in [0.1, 0.15) is 12.4 Å². The van der Waals surface area contributed by atoms with Crippen LogP contribution < -0.4 is 9.64 Å². The lowest BCUT2D eigenvalue weighted by Crippen LogP contribution is -2.41. The van der Waals surface area contributed by atoms with Crippen LogP contribution in [0.4, 0.5) is 10.5 Å². The van der Waals surface area contributed by atoms with Crippen LogP contribution in [0.15, 0.2) is 48.5 Å². The van der Waals surface area contributed by atoms with E-state index < -0.39 is 14.1 Å². The van der Waals surface area contributed by atoms with Gasteiger partial charge in [0.25, 0.3) is 0 Å². The molecule has 0 fully saturated rings. The highest BCUT2D eigenvalue weighted by Crippen LogP contribution is 2.36. The number of amides is 1. The van der Waals surface area contributed by atoms with E-state index in [1.165, 1.54) is 4.90 Å². The third-order valence-corrected chi connectivity index (χ3v) is 10.1. The van der Waals surface area contributed by atoms with Crippen molar-refractivity contribution in [1.82, 2.24) is 0 Å². The van der Waals surface area contributed by atoms with Gasteiger partial charge in [-0.25, -0.2) is 0 Å². The Morgan fingerprint density at radius 1 is 0.967 bits per heavy atom. The molecular formula is C24H32BNO3Si. The van der Waals surface area contributed by atoms with Crippen LogP contribution >= 0.6 is 0 Å². The summed E-state index contributed by atoms with van der Waals surface area (Å²) >= 11 is 0. The van der Waals surface area contributed by atoms with Crippen molar-refractivity contribution in [3.05, 3.63) is 59.7 Å². The summed E-state index contributed by atoms with van der Waals surface area (Å²) < 4.78 is 12.0. The zero-order valence-electron chi connectivity index (χ0n) is 18.9. The minimum Gasteiger partial charge on any atom is -0.491 e. The third kappa shape index (κ3) is 6.89. The van der Waals surface area contributed by atoms with Crippen LogP contribution in [0.5, 0.6) is 5.75 Å². The summed E-state index contributed by atoms with van der Waals surface area (Å²) in [5.41, 5.74) is 2.89. The maximum absolute atomic E-state index is 11.2. The smallest absolute Gasteiger partial charge is 0.201 e. The zero-order chi connectivity index (χ0) is 22.4. The van der Waals surface area contributed by atoms with Crippen LogP contribution in [0.1, 0.15) is 31.9 Å². The van der Waals surface area contributed by atoms with Gasteiger partial charge >= 0.3 is 0 Å². The summed E-state index contributed by atoms with van der Waals surface area (Å²) in [5, 5.41) is 0.207. The predicted molar refractivity (Wildman–Crippen MR) is 130 cm³/mol. The predicted octanol–water partition coefficient (Wildman–Crippen LogP) is 5.98. The number of carbonyl (C=O) groups excluding carboxylic acids is 1. The molecule has 4 nitrogen and oxygen atoms in total. The van der Waals surface area contributed by atoms with E-state index in [9.17, 15) is 4.79 Å². The molecule has 0 aliphatic carbocycles. The van der Waals surface area contributed by atoms with Crippen molar-refractivity contribution in [2.24, 2.45) is 0 Å². The number of benzene rings is 2. The number of ether oxygens (including phenoxy) is 1. The molecule has 0 heterocycles. The normalized spacial score (nSPS) is 12.2. The molecule has 0 aliphatic rings. The van der Waals surface area contributed by atoms with E-state index in [0.29, 0.717) is 13.2 Å². The van der Waals surface area contributed by atoms with Crippen molar-refractivity contribution in [2.45, 2.75) is 38.9 Å². The summed E-state index contributed by atoms with van der Waals surface area (Å²) in [5.74, 6) is 0.358. The highest BCUT2D eigenvalue weighted by Gasteiger charge is 2.36. The molecule has 0 saturated heterocycles. The number of rotatable bonds is 8. The van der Waals surface area contributed by atoms with Gasteiger partial charge in [0.05, 0.1) is 6.61 Å². The second-order valence-electron chi connectivity index (χ2n) is 8.85. The molecule has 0 saturated carbocycles. The molecule has 30 heavy (non-hydrogen) atoms. The summed E-state index contributed by atoms with van der Waals surface area (Å²) in [7, 11) is 5.21. The fourth-order valence-electron chi connectivity index (χ4n) is 2.48. The van der Waals surface area contributed by atoms with Gasteiger partial charge in [-0.15, -0.1) is 0 Å². The average molecular weight is 421 g/mol. The summed E-state index contributed by atoms with van der Waals surface area (Å²) in [6.07, 6.45) is 4.06. The quantitative estimate of drug-likeness (QED) is 0.299. The molecule has 0 N–H and O–H groups in total. The summed E-state index contributed by atoms with van der Waals surface area (Å²) in [6.45, 7) is 12.4. The number of hydrogen-bond acceptors (Lipinski definition) is 3. The van der Waals surface area contributed by atoms with Gasteiger partial charge in [0.2, 0.25) is 7.85 Å². The Morgan fingerprint density at radius 2 is 1.47 bits per heavy atom. The molecule has 0 unspecified atom stereocenters. The Hall–Kier alpha value is -2.31. The van der Waals surface area contributed by atoms with E-state index in [1.54, 1.807) is 7.05 Å². The SMILES string of the molecule is [B]C(=O)N(C)c1ccc(/C=C/c2ccc(OCCO[Si](C)(C)C(C)(C)C)cc2)cc1. The molecule has 2 aromatic carbocycles. The van der Waals surface area contributed by atoms with Gasteiger partial charge in [-0.05, 0) is 53.5 Å². The first-order chi connectivity index (χ1) is 14.0. The van der Waals surface area contributed by atoms with Gasteiger partial charge in [0, 0.05) is 12.7 Å². The molecule has 6 heteroatoms. The Labute approximate surface area is 183 Å². The average Bonchev–Trinajstić information content (AvgIpc) is 2.69. The second kappa shape index (κ2) is 10.1. The minimum absolute atomic E-state index is 0.207. The van der Waals surface area contributed by atoms with Gasteiger partial charge < -0.3 is 14.1 Å². The molecular weight excluding hydrogens is 389 g/mol. The van der Waals surface area contributed by atoms with Gasteiger partial charge in [-0.2, -0.15) is 0 Å². The van der Waals surface area contributed by atoms with Gasteiger partial charge in [0.15, 0.2) is 14.1 Å². The molecule has 0 spiro atoms. The first-order valence-corrected chi connectivity index (χ1v) is 13.1. The van der Waals surface area contributed by atoms with Crippen LogP contribution in [0.25, 0.3) is 12.2 Å². The van der Waals surface area contributed by atoms with Crippen molar-refractivity contribution in [3.63, 3.8) is 0 Å². The number of nitrogens with zero attached hydrogens (tertiary/aromatic N) is 1. The first-order valence-electron chi connectivity index (χ1n) is 10.2. The van der Waals surface area contributed by atoms with Crippen molar-refractivity contribution >= 4 is 39.8 Å². The van der Waals surface area contributed by atoms with Crippen LogP contribution in [-0.2, 0) is 4.43 Å². The third-order valence-electron chi connectivity index (χ3n) is 5.58. The fraction of sp³-hybridized carbons (Fsp3) is 0.375. The lowest BCUT2D eigenvalue weighted by Gasteiger charge is -2.36. The first kappa shape index (κ1) is 24.0. The molecule has 0 aromatic heterocycles. The molecule has 2 radical (unpaired) electrons. The zero-order valence-corrected chi connectivity index (χ0v) is 19.9. The van der Waals surface area contributed by atoms with Crippen LogP contribution in [0.2, 0.25) is 18.1 Å². The lowest BCUT2D eigenvalue weighted by molar-refractivity contribution is 0.203. The standard InChI is InChI=1S/C24H32BNO3Si/c1-24(2,3)30(5,6)29-18-17-28-22-15-11-20(12-16-22)8-7-19-9-13-21(14-10-19)26(4)23(25)27/h7-16H,17-18H2,1-6H3/b8-7+. The van der Waals surface area contributed by atoms with E-state index in [4.69, 9.17) is 17.0 Å². The molecule has 158 valence electrons. The minimum atomic E-state index is -1.73. The highest BCUT2D eigenvalue weighted by molar-refractivity contribution is 6.74. The van der Waals surface area contributed by atoms with Crippen LogP contribution in [-0.4, -0.2) is 42.2 Å². The van der Waals surface area contributed by atoms with Crippen LogP contribution in [0.3, 0.4) is 0 Å². The van der Waals surface area contributed by atoms with Gasteiger partial charge in [-0.1, -0.05) is 57.2 Å². The summed E-state index contributed by atoms with van der Waals surface area (Å²) in [6, 6.07) is 15.6. The van der Waals surface area contributed by atoms with Crippen LogP contribution in [0, 0.1) is 0 Å². The Balaban J connectivity index is 1.85. The van der Waals surface area contributed by atoms with Crippen molar-refractivity contribution in [1.29, 1.82) is 0 Å². The molecule has 2 rings (SSSR count). The largest absolute Gasteiger partial charge is 0.491 e. The number of hydrogen-bond donors (Lipinski definition) is 0. The maximum atomic E-state index is 11.2. The Kier molecular flexibility index (Phi) is 8.10. The fourth-order valence-corrected chi connectivity index (χ4v) is 3.50. The van der Waals surface area contributed by atoms with Gasteiger partial charge in [-0.3, -0.25) is 4.79 Å². The van der Waals surface area contributed by atoms with Crippen molar-refractivity contribution in [3.8, 4) is 5.75 Å². The molecule has 0 bridgehead atoms. The monoisotopic (exact) mass is 421 g/mol. The maximum Gasteiger partial charge on any atom is 0.201 e. The summed E-state index contributed by atoms with van der Waals surface area (Å²) in [4.78, 5) is 12.6. The highest BCUT2D eigenvalue weighted by atomic mass is 28.4. The Morgan fingerprint density at radius 3 is 1.93 bits per heavy atom. The van der Waals surface area contributed by atoms with E-state index in [-0.39, 0.29) is 5.04 Å². The van der Waals surface area contributed by atoms with Crippen molar-refractivity contribution in [2.75, 3.05) is 25.2 Å². The molecule has 0 aliphatic heterocycles. The Bertz CT molecular complexity index is 856. The number of carbonyl (C=O) groups is 1. The molecule has 0 atom stereocenters. The van der Waals surface area contributed by atoms with E-state index in [2.05, 4.69) is 33.9 Å². The molecule has 2 aromatic rings. The van der Waals surface area contributed by atoms with Crippen molar-refractivity contribution < 1.29 is 14.0 Å². The topological polar surface area (TPSA) is 38.8 Å². The second-order valence-corrected chi connectivity index (χ2v) is 13.7. The van der Waals surface area contributed by atoms with E-state index in [1.807, 2.05) is 60.7 Å². The number of anilines is 1.